The molecule has 0 N–H and O–H groups in total. The topological polar surface area (TPSA) is 102 Å². The van der Waals surface area contributed by atoms with E-state index in [2.05, 4.69) is 0 Å². The molecule has 0 amide bonds. The molecule has 0 rings (SSSR count). The average Bonchev–Trinajstić information content (AvgIpc) is 2.33. The van der Waals surface area contributed by atoms with Crippen LogP contribution in [-0.2, 0) is 28.8 Å². The number of carbonyl (C=O) groups is 6. The quantitative estimate of drug-likeness (QED) is 0.585. The maximum absolute atomic E-state index is 12.5. The van der Waals surface area contributed by atoms with Gasteiger partial charge in [0.15, 0.2) is 23.1 Å². The zero-order valence-corrected chi connectivity index (χ0v) is 12.9. The summed E-state index contributed by atoms with van der Waals surface area (Å²) in [5.41, 5.74) is -2.48. The fourth-order valence-corrected chi connectivity index (χ4v) is 2.32. The summed E-state index contributed by atoms with van der Waals surface area (Å²) in [4.78, 5) is 71.1. The molecule has 0 aromatic carbocycles. The van der Waals surface area contributed by atoms with E-state index >= 15 is 0 Å². The third-order valence-electron chi connectivity index (χ3n) is 3.59. The largest absolute Gasteiger partial charge is 0.300 e. The first-order valence-corrected chi connectivity index (χ1v) is 6.62. The molecule has 0 aliphatic carbocycles. The molecule has 0 aliphatic rings. The molecular weight excluding hydrogens is 276 g/mol. The zero-order chi connectivity index (χ0) is 17.0. The lowest BCUT2D eigenvalue weighted by Crippen LogP contribution is -2.53. The van der Waals surface area contributed by atoms with Crippen molar-refractivity contribution in [1.82, 2.24) is 0 Å². The average molecular weight is 296 g/mol. The molecular formula is C15H20O6. The van der Waals surface area contributed by atoms with E-state index in [1.807, 2.05) is 0 Å². The first-order valence-electron chi connectivity index (χ1n) is 6.62. The Morgan fingerprint density at radius 3 is 1.43 bits per heavy atom. The zero-order valence-electron chi connectivity index (χ0n) is 12.9. The summed E-state index contributed by atoms with van der Waals surface area (Å²) in [7, 11) is 0. The number of carbonyl (C=O) groups excluding carboxylic acids is 6. The van der Waals surface area contributed by atoms with Crippen LogP contribution < -0.4 is 0 Å². The van der Waals surface area contributed by atoms with Crippen molar-refractivity contribution in [2.24, 2.45) is 11.3 Å². The minimum atomic E-state index is -2.48. The molecule has 116 valence electrons. The molecule has 0 aliphatic heterocycles. The van der Waals surface area contributed by atoms with E-state index in [0.717, 1.165) is 27.7 Å². The molecule has 1 unspecified atom stereocenters. The molecule has 0 radical (unpaired) electrons. The van der Waals surface area contributed by atoms with Crippen LogP contribution in [0.1, 0.15) is 47.5 Å². The van der Waals surface area contributed by atoms with Crippen molar-refractivity contribution in [3.63, 3.8) is 0 Å². The van der Waals surface area contributed by atoms with E-state index in [1.54, 1.807) is 6.92 Å². The van der Waals surface area contributed by atoms with Crippen LogP contribution in [0.5, 0.6) is 0 Å². The van der Waals surface area contributed by atoms with E-state index < -0.39 is 46.7 Å². The van der Waals surface area contributed by atoms with E-state index in [1.165, 1.54) is 0 Å². The number of hydrogen-bond donors (Lipinski definition) is 0. The Labute approximate surface area is 123 Å². The number of Topliss-reactive ketones (excluding diaryl/α,β-unsaturated/α-hetero) is 6. The second kappa shape index (κ2) is 7.15. The maximum atomic E-state index is 12.5. The maximum Gasteiger partial charge on any atom is 0.203 e. The Hall–Kier alpha value is -1.98. The molecule has 0 aromatic rings. The van der Waals surface area contributed by atoms with Crippen LogP contribution in [0.25, 0.3) is 0 Å². The molecule has 0 saturated heterocycles. The monoisotopic (exact) mass is 296 g/mol. The first kappa shape index (κ1) is 19.0. The van der Waals surface area contributed by atoms with E-state index in [4.69, 9.17) is 0 Å². The standard InChI is InChI=1S/C15H20O6/c1-6-12(20)7-13(8(2)16)14(21)15(9(3)17,10(4)18)11(5)19/h13H,6-7H2,1-5H3. The molecule has 21 heavy (non-hydrogen) atoms. The first-order chi connectivity index (χ1) is 9.53. The number of rotatable bonds is 9. The normalized spacial score (nSPS) is 12.4. The Bertz CT molecular complexity index is 478. The third kappa shape index (κ3) is 3.56. The van der Waals surface area contributed by atoms with Crippen molar-refractivity contribution >= 4 is 34.7 Å². The molecule has 0 spiro atoms. The predicted molar refractivity (Wildman–Crippen MR) is 73.6 cm³/mol. The van der Waals surface area contributed by atoms with Gasteiger partial charge in [0.25, 0.3) is 0 Å². The number of ketones is 6. The SMILES string of the molecule is CCC(=O)CC(C(C)=O)C(=O)C(C(C)=O)(C(C)=O)C(C)=O. The van der Waals surface area contributed by atoms with Gasteiger partial charge < -0.3 is 0 Å². The Kier molecular flexibility index (Phi) is 6.48. The van der Waals surface area contributed by atoms with Crippen LogP contribution >= 0.6 is 0 Å². The van der Waals surface area contributed by atoms with Crippen molar-refractivity contribution in [2.75, 3.05) is 0 Å². The summed E-state index contributed by atoms with van der Waals surface area (Å²) in [5.74, 6) is -6.32. The summed E-state index contributed by atoms with van der Waals surface area (Å²) in [6.07, 6.45) is -0.287. The lowest BCUT2D eigenvalue weighted by atomic mass is 9.68. The highest BCUT2D eigenvalue weighted by atomic mass is 16.2. The van der Waals surface area contributed by atoms with Gasteiger partial charge in [-0.25, -0.2) is 0 Å². The van der Waals surface area contributed by atoms with Gasteiger partial charge in [0.05, 0.1) is 5.92 Å². The third-order valence-corrected chi connectivity index (χ3v) is 3.59. The van der Waals surface area contributed by atoms with Crippen LogP contribution in [0.15, 0.2) is 0 Å². The van der Waals surface area contributed by atoms with Crippen molar-refractivity contribution < 1.29 is 28.8 Å². The smallest absolute Gasteiger partial charge is 0.203 e. The van der Waals surface area contributed by atoms with Gasteiger partial charge >= 0.3 is 0 Å². The lowest BCUT2D eigenvalue weighted by Gasteiger charge is -2.27. The highest BCUT2D eigenvalue weighted by Gasteiger charge is 2.55. The lowest BCUT2D eigenvalue weighted by molar-refractivity contribution is -0.155. The van der Waals surface area contributed by atoms with Gasteiger partial charge in [-0.05, 0) is 27.7 Å². The van der Waals surface area contributed by atoms with E-state index in [-0.39, 0.29) is 12.2 Å². The molecule has 0 saturated carbocycles. The van der Waals surface area contributed by atoms with Crippen molar-refractivity contribution in [3.05, 3.63) is 0 Å². The summed E-state index contributed by atoms with van der Waals surface area (Å²) in [5, 5.41) is 0. The van der Waals surface area contributed by atoms with E-state index in [9.17, 15) is 28.8 Å². The highest BCUT2D eigenvalue weighted by molar-refractivity contribution is 6.39. The van der Waals surface area contributed by atoms with Crippen LogP contribution in [0.4, 0.5) is 0 Å². The van der Waals surface area contributed by atoms with E-state index in [0.29, 0.717) is 0 Å². The fraction of sp³-hybridized carbons (Fsp3) is 0.600. The van der Waals surface area contributed by atoms with Crippen molar-refractivity contribution in [3.8, 4) is 0 Å². The van der Waals surface area contributed by atoms with Gasteiger partial charge in [-0.1, -0.05) is 6.92 Å². The summed E-state index contributed by atoms with van der Waals surface area (Å²) in [6.45, 7) is 5.54. The van der Waals surface area contributed by atoms with Crippen LogP contribution in [0.2, 0.25) is 0 Å². The van der Waals surface area contributed by atoms with Crippen LogP contribution in [0.3, 0.4) is 0 Å². The minimum Gasteiger partial charge on any atom is -0.300 e. The number of hydrogen-bond acceptors (Lipinski definition) is 6. The van der Waals surface area contributed by atoms with Gasteiger partial charge in [-0.3, -0.25) is 28.8 Å². The van der Waals surface area contributed by atoms with Gasteiger partial charge in [0, 0.05) is 12.8 Å². The Balaban J connectivity index is 6.01. The minimum absolute atomic E-state index is 0.115. The molecule has 0 fully saturated rings. The van der Waals surface area contributed by atoms with Crippen LogP contribution in [0, 0.1) is 11.3 Å². The van der Waals surface area contributed by atoms with Crippen molar-refractivity contribution in [1.29, 1.82) is 0 Å². The summed E-state index contributed by atoms with van der Waals surface area (Å²) < 4.78 is 0. The molecule has 6 heteroatoms. The highest BCUT2D eigenvalue weighted by Crippen LogP contribution is 2.29. The van der Waals surface area contributed by atoms with Gasteiger partial charge in [-0.15, -0.1) is 0 Å². The van der Waals surface area contributed by atoms with Crippen LogP contribution in [-0.4, -0.2) is 34.7 Å². The van der Waals surface area contributed by atoms with Crippen molar-refractivity contribution in [2.45, 2.75) is 47.5 Å². The summed E-state index contributed by atoms with van der Waals surface area (Å²) in [6, 6.07) is 0. The molecule has 6 nitrogen and oxygen atoms in total. The second-order valence-corrected chi connectivity index (χ2v) is 5.04. The molecule has 0 heterocycles. The fourth-order valence-electron chi connectivity index (χ4n) is 2.32. The van der Waals surface area contributed by atoms with Gasteiger partial charge in [0.2, 0.25) is 5.41 Å². The molecule has 1 atom stereocenters. The second-order valence-electron chi connectivity index (χ2n) is 5.04. The summed E-state index contributed by atoms with van der Waals surface area (Å²) >= 11 is 0. The predicted octanol–water partition coefficient (Wildman–Crippen LogP) is 0.883. The van der Waals surface area contributed by atoms with Gasteiger partial charge in [-0.2, -0.15) is 0 Å². The molecule has 0 bridgehead atoms. The Morgan fingerprint density at radius 2 is 1.19 bits per heavy atom. The molecule has 0 aromatic heterocycles. The Morgan fingerprint density at radius 1 is 0.810 bits per heavy atom. The van der Waals surface area contributed by atoms with Gasteiger partial charge in [0.1, 0.15) is 11.6 Å².